The molecule has 0 bridgehead atoms. The Morgan fingerprint density at radius 3 is 1.65 bits per heavy atom. The van der Waals surface area contributed by atoms with Gasteiger partial charge in [-0.1, -0.05) is 34.8 Å². The maximum Gasteiger partial charge on any atom is 0.225 e. The van der Waals surface area contributed by atoms with Crippen LogP contribution in [0, 0.1) is 0 Å². The van der Waals surface area contributed by atoms with Gasteiger partial charge in [-0.25, -0.2) is 34.9 Å². The molecule has 14 heteroatoms. The van der Waals surface area contributed by atoms with Crippen LogP contribution in [0.1, 0.15) is 0 Å². The number of aromatic nitrogens is 8. The molecule has 0 aliphatic heterocycles. The summed E-state index contributed by atoms with van der Waals surface area (Å²) < 4.78 is 0. The molecule has 4 aromatic rings. The quantitative estimate of drug-likeness (QED) is 0.314. The number of hydrogen-bond donors (Lipinski definition) is 1. The van der Waals surface area contributed by atoms with E-state index in [2.05, 4.69) is 39.9 Å². The van der Waals surface area contributed by atoms with Crippen LogP contribution in [-0.2, 0) is 0 Å². The van der Waals surface area contributed by atoms with Crippen molar-refractivity contribution in [1.29, 1.82) is 0 Å². The molecular weight excluding hydrogens is 447 g/mol. The van der Waals surface area contributed by atoms with Crippen LogP contribution in [0.15, 0.2) is 12.7 Å². The Bertz CT molecular complexity index is 1030. The molecule has 0 spiro atoms. The van der Waals surface area contributed by atoms with Crippen LogP contribution < -0.4 is 5.73 Å². The van der Waals surface area contributed by atoms with Gasteiger partial charge in [-0.2, -0.15) is 4.98 Å². The van der Waals surface area contributed by atoms with E-state index in [0.717, 1.165) is 0 Å². The van der Waals surface area contributed by atoms with Crippen LogP contribution in [0.25, 0.3) is 22.1 Å². The predicted molar refractivity (Wildman–Crippen MR) is 99.7 cm³/mol. The molecule has 26 heavy (non-hydrogen) atoms. The SMILES string of the molecule is Clc1nc(Cl)c2ncnc(Cl)c2n1.Nc1nc(Cl)nc2c(Cl)ncnc12. The fourth-order valence-corrected chi connectivity index (χ4v) is 2.73. The van der Waals surface area contributed by atoms with E-state index in [1.807, 2.05) is 0 Å². The highest BCUT2D eigenvalue weighted by Crippen LogP contribution is 2.23. The first-order valence-electron chi connectivity index (χ1n) is 6.45. The second-order valence-electron chi connectivity index (χ2n) is 4.38. The van der Waals surface area contributed by atoms with Gasteiger partial charge in [0.15, 0.2) is 21.3 Å². The molecule has 0 saturated carbocycles. The van der Waals surface area contributed by atoms with E-state index >= 15 is 0 Å². The van der Waals surface area contributed by atoms with E-state index in [-0.39, 0.29) is 31.8 Å². The van der Waals surface area contributed by atoms with Crippen molar-refractivity contribution in [2.75, 3.05) is 5.73 Å². The molecule has 0 aliphatic carbocycles. The number of halogens is 5. The van der Waals surface area contributed by atoms with Crippen LogP contribution in [-0.4, -0.2) is 39.9 Å². The first-order chi connectivity index (χ1) is 12.4. The lowest BCUT2D eigenvalue weighted by Gasteiger charge is -2.00. The molecule has 4 aromatic heterocycles. The second kappa shape index (κ2) is 7.77. The summed E-state index contributed by atoms with van der Waals surface area (Å²) in [5.41, 5.74) is 7.06. The molecule has 0 radical (unpaired) electrons. The molecule has 0 atom stereocenters. The summed E-state index contributed by atoms with van der Waals surface area (Å²) in [6, 6.07) is 0. The van der Waals surface area contributed by atoms with Crippen LogP contribution in [0.4, 0.5) is 5.82 Å². The Kier molecular flexibility index (Phi) is 5.64. The topological polar surface area (TPSA) is 129 Å². The third-order valence-electron chi connectivity index (χ3n) is 2.80. The van der Waals surface area contributed by atoms with Gasteiger partial charge in [0, 0.05) is 0 Å². The molecule has 2 N–H and O–H groups in total. The van der Waals surface area contributed by atoms with Crippen molar-refractivity contribution in [2.24, 2.45) is 0 Å². The average molecular weight is 451 g/mol. The van der Waals surface area contributed by atoms with Crippen molar-refractivity contribution >= 4 is 85.9 Å². The van der Waals surface area contributed by atoms with Gasteiger partial charge in [0.1, 0.15) is 34.7 Å². The van der Waals surface area contributed by atoms with Crippen LogP contribution in [0.3, 0.4) is 0 Å². The monoisotopic (exact) mass is 449 g/mol. The molecule has 9 nitrogen and oxygen atoms in total. The minimum atomic E-state index is 0.0224. The van der Waals surface area contributed by atoms with Crippen molar-refractivity contribution in [3.63, 3.8) is 0 Å². The number of nitrogens with two attached hydrogens (primary N) is 1. The minimum Gasteiger partial charge on any atom is -0.382 e. The number of fused-ring (bicyclic) bond motifs is 2. The molecule has 0 aliphatic rings. The summed E-state index contributed by atoms with van der Waals surface area (Å²) in [5.74, 6) is 0.194. The second-order valence-corrected chi connectivity index (χ2v) is 6.13. The maximum absolute atomic E-state index is 5.75. The highest BCUT2D eigenvalue weighted by atomic mass is 35.5. The smallest absolute Gasteiger partial charge is 0.225 e. The van der Waals surface area contributed by atoms with Crippen molar-refractivity contribution in [2.45, 2.75) is 0 Å². The third-order valence-corrected chi connectivity index (χ3v) is 3.96. The van der Waals surface area contributed by atoms with Gasteiger partial charge in [-0.15, -0.1) is 0 Å². The van der Waals surface area contributed by atoms with Gasteiger partial charge < -0.3 is 5.73 Å². The minimum absolute atomic E-state index is 0.0224. The Hall–Kier alpha value is -1.91. The van der Waals surface area contributed by atoms with Gasteiger partial charge >= 0.3 is 0 Å². The lowest BCUT2D eigenvalue weighted by atomic mass is 10.4. The Labute approximate surface area is 169 Å². The summed E-state index contributed by atoms with van der Waals surface area (Å²) >= 11 is 28.4. The van der Waals surface area contributed by atoms with Gasteiger partial charge in [0.05, 0.1) is 0 Å². The number of hydrogen-bond acceptors (Lipinski definition) is 9. The Balaban J connectivity index is 0.000000151. The molecule has 0 aromatic carbocycles. The van der Waals surface area contributed by atoms with E-state index in [9.17, 15) is 0 Å². The molecule has 0 unspecified atom stereocenters. The standard InChI is InChI=1S/C6HCl3N4.C6H3Cl2N5/c7-4-3-2(10-1-11-4)5(8)13-6(9)12-3;7-4-2-3(10-1-11-4)5(9)13-6(8)12-2/h1H;1H,(H2,9,12,13). The molecular formula is C12H4Cl5N9. The first kappa shape index (κ1) is 18.9. The number of nitrogens with zero attached hydrogens (tertiary/aromatic N) is 8. The van der Waals surface area contributed by atoms with Gasteiger partial charge in [0.25, 0.3) is 0 Å². The normalized spacial score (nSPS) is 10.7. The van der Waals surface area contributed by atoms with Gasteiger partial charge in [0.2, 0.25) is 10.6 Å². The number of nitrogen functional groups attached to an aromatic ring is 1. The lowest BCUT2D eigenvalue weighted by Crippen LogP contribution is -1.98. The van der Waals surface area contributed by atoms with Crippen LogP contribution in [0.5, 0.6) is 0 Å². The summed E-state index contributed by atoms with van der Waals surface area (Å²) in [6.07, 6.45) is 2.58. The van der Waals surface area contributed by atoms with E-state index < -0.39 is 0 Å². The average Bonchev–Trinajstić information content (AvgIpc) is 2.57. The summed E-state index contributed by atoms with van der Waals surface area (Å²) in [6.45, 7) is 0. The summed E-state index contributed by atoms with van der Waals surface area (Å²) in [7, 11) is 0. The van der Waals surface area contributed by atoms with E-state index in [4.69, 9.17) is 63.7 Å². The molecule has 4 rings (SSSR count). The van der Waals surface area contributed by atoms with Crippen molar-refractivity contribution in [3.8, 4) is 0 Å². The van der Waals surface area contributed by atoms with E-state index in [1.165, 1.54) is 12.7 Å². The van der Waals surface area contributed by atoms with Crippen molar-refractivity contribution in [3.05, 3.63) is 38.7 Å². The molecule has 132 valence electrons. The maximum atomic E-state index is 5.75. The highest BCUT2D eigenvalue weighted by molar-refractivity contribution is 6.38. The van der Waals surface area contributed by atoms with Gasteiger partial charge in [-0.3, -0.25) is 0 Å². The highest BCUT2D eigenvalue weighted by Gasteiger charge is 2.09. The third kappa shape index (κ3) is 3.92. The van der Waals surface area contributed by atoms with Crippen LogP contribution in [0.2, 0.25) is 26.0 Å². The zero-order valence-corrected chi connectivity index (χ0v) is 16.0. The summed E-state index contributed by atoms with van der Waals surface area (Å²) in [4.78, 5) is 30.4. The Morgan fingerprint density at radius 1 is 0.538 bits per heavy atom. The van der Waals surface area contributed by atoms with Gasteiger partial charge in [-0.05, 0) is 23.2 Å². The van der Waals surface area contributed by atoms with Crippen LogP contribution >= 0.6 is 58.0 Å². The molecule has 0 fully saturated rings. The van der Waals surface area contributed by atoms with E-state index in [1.54, 1.807) is 0 Å². The van der Waals surface area contributed by atoms with Crippen molar-refractivity contribution in [1.82, 2.24) is 39.9 Å². The first-order valence-corrected chi connectivity index (χ1v) is 8.34. The molecule has 0 saturated heterocycles. The predicted octanol–water partition coefficient (Wildman–Crippen LogP) is 3.69. The zero-order chi connectivity index (χ0) is 18.8. The number of anilines is 1. The number of rotatable bonds is 0. The fourth-order valence-electron chi connectivity index (χ4n) is 1.77. The lowest BCUT2D eigenvalue weighted by molar-refractivity contribution is 1.15. The molecule has 4 heterocycles. The summed E-state index contributed by atoms with van der Waals surface area (Å²) in [5, 5.41) is 0.632. The molecule has 0 amide bonds. The Morgan fingerprint density at radius 2 is 1.04 bits per heavy atom. The fraction of sp³-hybridized carbons (Fsp3) is 0. The zero-order valence-electron chi connectivity index (χ0n) is 12.2. The van der Waals surface area contributed by atoms with E-state index in [0.29, 0.717) is 22.1 Å². The largest absolute Gasteiger partial charge is 0.382 e. The van der Waals surface area contributed by atoms with Crippen molar-refractivity contribution < 1.29 is 0 Å².